The molecule has 2 heterocycles. The van der Waals surface area contributed by atoms with E-state index >= 15 is 0 Å². The van der Waals surface area contributed by atoms with Crippen molar-refractivity contribution in [2.75, 3.05) is 6.61 Å². The third-order valence-corrected chi connectivity index (χ3v) is 4.93. The Kier molecular flexibility index (Phi) is 5.34. The number of esters is 1. The number of H-pyrrole nitrogens is 2. The van der Waals surface area contributed by atoms with Crippen molar-refractivity contribution in [2.45, 2.75) is 19.8 Å². The molecule has 4 rings (SSSR count). The van der Waals surface area contributed by atoms with Crippen LogP contribution in [0.25, 0.3) is 11.6 Å². The van der Waals surface area contributed by atoms with Crippen LogP contribution in [0.15, 0.2) is 64.0 Å². The van der Waals surface area contributed by atoms with Crippen molar-refractivity contribution in [1.29, 1.82) is 0 Å². The number of aromatic amines is 2. The molecule has 0 bridgehead atoms. The number of benzene rings is 2. The fourth-order valence-corrected chi connectivity index (χ4v) is 3.45. The lowest BCUT2D eigenvalue weighted by Gasteiger charge is -2.05. The second-order valence-corrected chi connectivity index (χ2v) is 6.89. The lowest BCUT2D eigenvalue weighted by molar-refractivity contribution is -0.136. The van der Waals surface area contributed by atoms with Gasteiger partial charge in [-0.1, -0.05) is 30.3 Å². The molecule has 0 aliphatic carbocycles. The summed E-state index contributed by atoms with van der Waals surface area (Å²) in [6, 6.07) is 14.3. The number of ether oxygens (including phenoxy) is 1. The van der Waals surface area contributed by atoms with Gasteiger partial charge < -0.3 is 14.9 Å². The Labute approximate surface area is 172 Å². The van der Waals surface area contributed by atoms with Crippen LogP contribution < -0.4 is 16.1 Å². The van der Waals surface area contributed by atoms with Gasteiger partial charge in [-0.05, 0) is 49.6 Å². The summed E-state index contributed by atoms with van der Waals surface area (Å²) in [6.45, 7) is 2.00. The second-order valence-electron chi connectivity index (χ2n) is 6.89. The summed E-state index contributed by atoms with van der Waals surface area (Å²) in [6.07, 6.45) is 2.88. The first kappa shape index (κ1) is 19.4. The normalized spacial score (nSPS) is 13.9. The Bertz CT molecular complexity index is 1300. The molecule has 1 aliphatic heterocycles. The van der Waals surface area contributed by atoms with E-state index in [1.54, 1.807) is 25.1 Å². The molecular formula is C23H21N3O4. The minimum atomic E-state index is -0.463. The molecule has 3 N–H and O–H groups in total. The number of para-hydroxylation sites is 1. The summed E-state index contributed by atoms with van der Waals surface area (Å²) in [4.78, 5) is 29.6. The molecule has 0 atom stereocenters. The van der Waals surface area contributed by atoms with Gasteiger partial charge in [-0.15, -0.1) is 0 Å². The van der Waals surface area contributed by atoms with Crippen LogP contribution in [0.3, 0.4) is 0 Å². The lowest BCUT2D eigenvalue weighted by atomic mass is 10.0. The van der Waals surface area contributed by atoms with Crippen molar-refractivity contribution in [3.8, 4) is 5.75 Å². The molecule has 0 unspecified atom stereocenters. The average molecular weight is 403 g/mol. The Morgan fingerprint density at radius 1 is 1.10 bits per heavy atom. The predicted molar refractivity (Wildman–Crippen MR) is 112 cm³/mol. The third kappa shape index (κ3) is 3.82. The average Bonchev–Trinajstić information content (AvgIpc) is 3.28. The van der Waals surface area contributed by atoms with Gasteiger partial charge in [0, 0.05) is 10.9 Å². The van der Waals surface area contributed by atoms with Crippen LogP contribution in [0.2, 0.25) is 0 Å². The Balaban J connectivity index is 1.70. The topological polar surface area (TPSA) is 108 Å². The smallest absolute Gasteiger partial charge is 0.341 e. The first-order valence-electron chi connectivity index (χ1n) is 9.71. The number of aromatic nitrogens is 2. The highest BCUT2D eigenvalue weighted by atomic mass is 16.5. The van der Waals surface area contributed by atoms with Gasteiger partial charge >= 0.3 is 5.97 Å². The number of carbonyl (C=O) groups excluding carboxylic acids is 1. The molecule has 0 saturated heterocycles. The number of nitrogens with one attached hydrogen (secondary N) is 2. The molecule has 0 radical (unpaired) electrons. The monoisotopic (exact) mass is 403 g/mol. The zero-order valence-electron chi connectivity index (χ0n) is 16.4. The number of carbonyl (C=O) groups is 1. The zero-order valence-corrected chi connectivity index (χ0v) is 16.4. The fourth-order valence-electron chi connectivity index (χ4n) is 3.45. The Morgan fingerprint density at radius 3 is 2.63 bits per heavy atom. The highest BCUT2D eigenvalue weighted by Gasteiger charge is 2.22. The molecule has 7 heteroatoms. The number of aryl methyl sites for hydroxylation is 2. The standard InChI is InChI=1S/C23H21N3O4/c1-2-30-23(29)21-16-5-3-4-6-18(16)24-20(21)13-17-19(25-26-22(17)28)12-9-14-7-10-15(27)11-8-14/h3-8,10-11,13,27H,2,9,12H2,1H3,(H2,25,26,28). The van der Waals surface area contributed by atoms with E-state index in [0.29, 0.717) is 40.3 Å². The van der Waals surface area contributed by atoms with Crippen LogP contribution in [-0.2, 0) is 22.4 Å². The van der Waals surface area contributed by atoms with Gasteiger partial charge in [-0.25, -0.2) is 9.79 Å². The molecule has 1 aliphatic rings. The van der Waals surface area contributed by atoms with Crippen LogP contribution in [0, 0.1) is 0 Å². The summed E-state index contributed by atoms with van der Waals surface area (Å²) in [5.74, 6) is -0.251. The van der Waals surface area contributed by atoms with E-state index in [1.165, 1.54) is 0 Å². The van der Waals surface area contributed by atoms with Gasteiger partial charge in [0.1, 0.15) is 5.75 Å². The van der Waals surface area contributed by atoms with E-state index in [1.807, 2.05) is 36.4 Å². The molecule has 3 aromatic rings. The number of phenols is 1. The predicted octanol–water partition coefficient (Wildman–Crippen LogP) is 1.58. The van der Waals surface area contributed by atoms with E-state index in [0.717, 1.165) is 11.3 Å². The van der Waals surface area contributed by atoms with Crippen LogP contribution in [-0.4, -0.2) is 27.9 Å². The van der Waals surface area contributed by atoms with Crippen molar-refractivity contribution in [2.24, 2.45) is 4.99 Å². The summed E-state index contributed by atoms with van der Waals surface area (Å²) < 4.78 is 5.22. The number of fused-ring (bicyclic) bond motifs is 1. The van der Waals surface area contributed by atoms with Crippen molar-refractivity contribution in [1.82, 2.24) is 10.2 Å². The Hall–Kier alpha value is -3.87. The number of phenolic OH excluding ortho intramolecular Hbond substituents is 1. The zero-order chi connectivity index (χ0) is 21.1. The van der Waals surface area contributed by atoms with Gasteiger partial charge in [0.2, 0.25) is 0 Å². The molecule has 2 aromatic carbocycles. The SMILES string of the molecule is CCOC(=O)C1=c2ccccc2=NC1=Cc1c(CCc2ccc(O)cc2)[nH][nH]c1=O. The second kappa shape index (κ2) is 8.24. The summed E-state index contributed by atoms with van der Waals surface area (Å²) in [5, 5.41) is 16.3. The quantitative estimate of drug-likeness (QED) is 0.543. The first-order chi connectivity index (χ1) is 14.6. The molecule has 1 aromatic heterocycles. The van der Waals surface area contributed by atoms with E-state index < -0.39 is 5.97 Å². The van der Waals surface area contributed by atoms with Gasteiger partial charge in [0.25, 0.3) is 5.56 Å². The first-order valence-corrected chi connectivity index (χ1v) is 9.71. The molecule has 7 nitrogen and oxygen atoms in total. The van der Waals surface area contributed by atoms with E-state index in [4.69, 9.17) is 4.74 Å². The van der Waals surface area contributed by atoms with Crippen molar-refractivity contribution in [3.63, 3.8) is 0 Å². The molecule has 0 amide bonds. The van der Waals surface area contributed by atoms with Gasteiger partial charge in [0.05, 0.1) is 28.8 Å². The molecule has 30 heavy (non-hydrogen) atoms. The van der Waals surface area contributed by atoms with Crippen LogP contribution in [0.1, 0.15) is 23.7 Å². The van der Waals surface area contributed by atoms with E-state index in [-0.39, 0.29) is 17.9 Å². The van der Waals surface area contributed by atoms with Crippen LogP contribution in [0.5, 0.6) is 5.75 Å². The van der Waals surface area contributed by atoms with Crippen molar-refractivity contribution in [3.05, 3.63) is 92.0 Å². The molecule has 0 saturated carbocycles. The van der Waals surface area contributed by atoms with Gasteiger partial charge in [-0.2, -0.15) is 0 Å². The minimum absolute atomic E-state index is 0.212. The number of hydrogen-bond acceptors (Lipinski definition) is 5. The fraction of sp³-hybridized carbons (Fsp3) is 0.174. The van der Waals surface area contributed by atoms with Crippen LogP contribution >= 0.6 is 0 Å². The van der Waals surface area contributed by atoms with Crippen molar-refractivity contribution >= 4 is 17.6 Å². The van der Waals surface area contributed by atoms with Gasteiger partial charge in [0.15, 0.2) is 0 Å². The number of nitrogens with zero attached hydrogens (tertiary/aromatic N) is 1. The van der Waals surface area contributed by atoms with Crippen molar-refractivity contribution < 1.29 is 14.6 Å². The molecule has 152 valence electrons. The van der Waals surface area contributed by atoms with Crippen LogP contribution in [0.4, 0.5) is 0 Å². The maximum absolute atomic E-state index is 12.6. The number of rotatable bonds is 6. The number of aromatic hydroxyl groups is 1. The molecule has 0 fully saturated rings. The highest BCUT2D eigenvalue weighted by molar-refractivity contribution is 6.17. The summed E-state index contributed by atoms with van der Waals surface area (Å²) >= 11 is 0. The van der Waals surface area contributed by atoms with E-state index in [9.17, 15) is 14.7 Å². The summed E-state index contributed by atoms with van der Waals surface area (Å²) in [7, 11) is 0. The van der Waals surface area contributed by atoms with Gasteiger partial charge in [-0.3, -0.25) is 9.89 Å². The lowest BCUT2D eigenvalue weighted by Crippen LogP contribution is -2.25. The highest BCUT2D eigenvalue weighted by Crippen LogP contribution is 2.20. The third-order valence-electron chi connectivity index (χ3n) is 4.93. The largest absolute Gasteiger partial charge is 0.508 e. The maximum atomic E-state index is 12.6. The Morgan fingerprint density at radius 2 is 1.87 bits per heavy atom. The number of hydrogen-bond donors (Lipinski definition) is 3. The molecule has 0 spiro atoms. The molecular weight excluding hydrogens is 382 g/mol. The van der Waals surface area contributed by atoms with E-state index in [2.05, 4.69) is 15.2 Å². The summed E-state index contributed by atoms with van der Waals surface area (Å²) in [5.41, 5.74) is 2.67. The minimum Gasteiger partial charge on any atom is -0.508 e. The maximum Gasteiger partial charge on any atom is 0.341 e.